The van der Waals surface area contributed by atoms with E-state index in [0.29, 0.717) is 6.54 Å². The summed E-state index contributed by atoms with van der Waals surface area (Å²) in [6, 6.07) is 17.1. The molecule has 0 bridgehead atoms. The molecule has 7 nitrogen and oxygen atoms in total. The van der Waals surface area contributed by atoms with Gasteiger partial charge in [0.2, 0.25) is 0 Å². The fourth-order valence-electron chi connectivity index (χ4n) is 4.56. The summed E-state index contributed by atoms with van der Waals surface area (Å²) in [5.41, 5.74) is 2.24. The molecular formula is C23H28ClFN6O. The summed E-state index contributed by atoms with van der Waals surface area (Å²) < 4.78 is 21.3. The molecule has 1 aromatic heterocycles. The minimum absolute atomic E-state index is 0. The van der Waals surface area contributed by atoms with Crippen molar-refractivity contribution in [3.8, 4) is 0 Å². The SMILES string of the molecule is Cl.Fc1ccc(C(c2nnnn2CC2CCCO2)N2CCN(c3ccccc3)CC2)cc1. The number of piperazine rings is 1. The monoisotopic (exact) mass is 458 g/mol. The van der Waals surface area contributed by atoms with Gasteiger partial charge in [-0.3, -0.25) is 4.90 Å². The summed E-state index contributed by atoms with van der Waals surface area (Å²) in [6.07, 6.45) is 2.24. The van der Waals surface area contributed by atoms with E-state index in [1.807, 2.05) is 22.9 Å². The quantitative estimate of drug-likeness (QED) is 0.564. The summed E-state index contributed by atoms with van der Waals surface area (Å²) in [5, 5.41) is 12.7. The number of halogens is 2. The molecule has 0 radical (unpaired) electrons. The fraction of sp³-hybridized carbons (Fsp3) is 0.435. The zero-order valence-electron chi connectivity index (χ0n) is 17.9. The summed E-state index contributed by atoms with van der Waals surface area (Å²) in [6.45, 7) is 4.99. The Hall–Kier alpha value is -2.55. The van der Waals surface area contributed by atoms with Crippen LogP contribution in [0.15, 0.2) is 54.6 Å². The predicted molar refractivity (Wildman–Crippen MR) is 123 cm³/mol. The normalized spacial score (nSPS) is 20.2. The van der Waals surface area contributed by atoms with Crippen molar-refractivity contribution in [1.29, 1.82) is 0 Å². The Morgan fingerprint density at radius 3 is 2.44 bits per heavy atom. The highest BCUT2D eigenvalue weighted by molar-refractivity contribution is 5.85. The van der Waals surface area contributed by atoms with Gasteiger partial charge in [0, 0.05) is 38.5 Å². The van der Waals surface area contributed by atoms with Crippen LogP contribution in [-0.4, -0.2) is 64.0 Å². The van der Waals surface area contributed by atoms with E-state index >= 15 is 0 Å². The number of aromatic nitrogens is 4. The molecule has 2 unspecified atom stereocenters. The maximum atomic E-state index is 13.6. The summed E-state index contributed by atoms with van der Waals surface area (Å²) in [5.74, 6) is 0.547. The van der Waals surface area contributed by atoms with Crippen molar-refractivity contribution in [2.45, 2.75) is 31.5 Å². The van der Waals surface area contributed by atoms with Crippen LogP contribution in [0.2, 0.25) is 0 Å². The van der Waals surface area contributed by atoms with Gasteiger partial charge >= 0.3 is 0 Å². The molecule has 3 aromatic rings. The maximum Gasteiger partial charge on any atom is 0.173 e. The number of nitrogens with zero attached hydrogens (tertiary/aromatic N) is 6. The van der Waals surface area contributed by atoms with Crippen molar-refractivity contribution in [3.05, 3.63) is 71.8 Å². The Bertz CT molecular complexity index is 972. The highest BCUT2D eigenvalue weighted by Gasteiger charge is 2.31. The second-order valence-corrected chi connectivity index (χ2v) is 8.17. The maximum absolute atomic E-state index is 13.6. The minimum Gasteiger partial charge on any atom is -0.376 e. The molecule has 0 N–H and O–H groups in total. The molecule has 2 aliphatic rings. The van der Waals surface area contributed by atoms with Crippen LogP contribution in [0.25, 0.3) is 0 Å². The standard InChI is InChI=1S/C23H27FN6O.ClH/c24-19-10-8-18(9-11-19)22(23-25-26-27-30(23)17-21-7-4-16-31-21)29-14-12-28(13-15-29)20-5-2-1-3-6-20;/h1-3,5-6,8-11,21-22H,4,7,12-17H2;1H. The van der Waals surface area contributed by atoms with Crippen molar-refractivity contribution >= 4 is 18.1 Å². The third kappa shape index (κ3) is 4.92. The molecular weight excluding hydrogens is 431 g/mol. The molecule has 2 aliphatic heterocycles. The largest absolute Gasteiger partial charge is 0.376 e. The average molecular weight is 459 g/mol. The first kappa shape index (κ1) is 22.6. The van der Waals surface area contributed by atoms with Crippen molar-refractivity contribution in [1.82, 2.24) is 25.1 Å². The molecule has 170 valence electrons. The molecule has 0 spiro atoms. The zero-order chi connectivity index (χ0) is 21.0. The lowest BCUT2D eigenvalue weighted by Crippen LogP contribution is -2.48. The van der Waals surface area contributed by atoms with Gasteiger partial charge in [-0.25, -0.2) is 9.07 Å². The smallest absolute Gasteiger partial charge is 0.173 e. The molecule has 3 heterocycles. The van der Waals surface area contributed by atoms with Gasteiger partial charge in [-0.2, -0.15) is 0 Å². The molecule has 0 amide bonds. The highest BCUT2D eigenvalue weighted by atomic mass is 35.5. The van der Waals surface area contributed by atoms with E-state index in [9.17, 15) is 4.39 Å². The van der Waals surface area contributed by atoms with Gasteiger partial charge in [-0.1, -0.05) is 30.3 Å². The lowest BCUT2D eigenvalue weighted by Gasteiger charge is -2.40. The number of benzene rings is 2. The van der Waals surface area contributed by atoms with Crippen LogP contribution in [0.3, 0.4) is 0 Å². The zero-order valence-corrected chi connectivity index (χ0v) is 18.7. The first-order chi connectivity index (χ1) is 15.3. The summed E-state index contributed by atoms with van der Waals surface area (Å²) in [4.78, 5) is 4.79. The first-order valence-corrected chi connectivity index (χ1v) is 10.9. The molecule has 2 atom stereocenters. The van der Waals surface area contributed by atoms with Crippen molar-refractivity contribution < 1.29 is 9.13 Å². The molecule has 2 fully saturated rings. The van der Waals surface area contributed by atoms with Crippen molar-refractivity contribution in [2.75, 3.05) is 37.7 Å². The second-order valence-electron chi connectivity index (χ2n) is 8.17. The lowest BCUT2D eigenvalue weighted by atomic mass is 10.0. The van der Waals surface area contributed by atoms with Gasteiger partial charge in [0.05, 0.1) is 18.7 Å². The van der Waals surface area contributed by atoms with Gasteiger partial charge in [0.25, 0.3) is 0 Å². The Kier molecular flexibility index (Phi) is 7.34. The number of hydrogen-bond acceptors (Lipinski definition) is 6. The molecule has 0 saturated carbocycles. The van der Waals surface area contributed by atoms with Crippen molar-refractivity contribution in [2.24, 2.45) is 0 Å². The second kappa shape index (κ2) is 10.4. The van der Waals surface area contributed by atoms with Crippen LogP contribution in [0, 0.1) is 5.82 Å². The van der Waals surface area contributed by atoms with Crippen LogP contribution in [-0.2, 0) is 11.3 Å². The predicted octanol–water partition coefficient (Wildman–Crippen LogP) is 3.32. The van der Waals surface area contributed by atoms with E-state index < -0.39 is 0 Å². The van der Waals surface area contributed by atoms with Crippen LogP contribution in [0.1, 0.15) is 30.3 Å². The van der Waals surface area contributed by atoms with E-state index in [2.05, 4.69) is 49.6 Å². The molecule has 9 heteroatoms. The number of para-hydroxylation sites is 1. The molecule has 5 rings (SSSR count). The van der Waals surface area contributed by atoms with Gasteiger partial charge in [0.15, 0.2) is 5.82 Å². The Morgan fingerprint density at radius 1 is 1.00 bits per heavy atom. The number of anilines is 1. The number of hydrogen-bond donors (Lipinski definition) is 0. The minimum atomic E-state index is -0.240. The van der Waals surface area contributed by atoms with Crippen LogP contribution >= 0.6 is 12.4 Å². The topological polar surface area (TPSA) is 59.3 Å². The lowest BCUT2D eigenvalue weighted by molar-refractivity contribution is 0.0906. The number of tetrazole rings is 1. The van der Waals surface area contributed by atoms with Gasteiger partial charge in [0.1, 0.15) is 5.82 Å². The third-order valence-corrected chi connectivity index (χ3v) is 6.19. The number of rotatable bonds is 6. The molecule has 0 aliphatic carbocycles. The Morgan fingerprint density at radius 2 is 1.75 bits per heavy atom. The van der Waals surface area contributed by atoms with Crippen LogP contribution in [0.5, 0.6) is 0 Å². The van der Waals surface area contributed by atoms with Crippen molar-refractivity contribution in [3.63, 3.8) is 0 Å². The Labute approximate surface area is 193 Å². The van der Waals surface area contributed by atoms with E-state index in [1.165, 1.54) is 17.8 Å². The number of ether oxygens (including phenoxy) is 1. The highest BCUT2D eigenvalue weighted by Crippen LogP contribution is 2.30. The third-order valence-electron chi connectivity index (χ3n) is 6.19. The van der Waals surface area contributed by atoms with E-state index in [1.54, 1.807) is 0 Å². The Balaban J connectivity index is 0.00000245. The summed E-state index contributed by atoms with van der Waals surface area (Å²) >= 11 is 0. The van der Waals surface area contributed by atoms with E-state index in [0.717, 1.165) is 57.0 Å². The van der Waals surface area contributed by atoms with Crippen LogP contribution < -0.4 is 4.90 Å². The van der Waals surface area contributed by atoms with Gasteiger partial charge < -0.3 is 9.64 Å². The first-order valence-electron chi connectivity index (χ1n) is 10.9. The van der Waals surface area contributed by atoms with Gasteiger partial charge in [-0.15, -0.1) is 17.5 Å². The summed E-state index contributed by atoms with van der Waals surface area (Å²) in [7, 11) is 0. The van der Waals surface area contributed by atoms with E-state index in [-0.39, 0.29) is 30.4 Å². The molecule has 2 saturated heterocycles. The van der Waals surface area contributed by atoms with Crippen LogP contribution in [0.4, 0.5) is 10.1 Å². The average Bonchev–Trinajstić information content (AvgIpc) is 3.49. The van der Waals surface area contributed by atoms with E-state index in [4.69, 9.17) is 4.74 Å². The molecule has 2 aromatic carbocycles. The molecule has 32 heavy (non-hydrogen) atoms. The fourth-order valence-corrected chi connectivity index (χ4v) is 4.56. The van der Waals surface area contributed by atoms with Gasteiger partial charge in [-0.05, 0) is 53.1 Å².